The highest BCUT2D eigenvalue weighted by Gasteiger charge is 2.42. The molecule has 0 saturated carbocycles. The van der Waals surface area contributed by atoms with Crippen molar-refractivity contribution >= 4 is 23.2 Å². The molecule has 206 valence electrons. The quantitative estimate of drug-likeness (QED) is 0.247. The van der Waals surface area contributed by atoms with Crippen molar-refractivity contribution in [3.8, 4) is 16.9 Å². The van der Waals surface area contributed by atoms with E-state index in [-0.39, 0.29) is 45.6 Å². The van der Waals surface area contributed by atoms with E-state index in [1.165, 1.54) is 33.8 Å². The molecule has 0 spiro atoms. The third kappa shape index (κ3) is 5.24. The molecule has 1 aliphatic heterocycles. The van der Waals surface area contributed by atoms with Crippen molar-refractivity contribution in [2.45, 2.75) is 44.1 Å². The molecule has 5 rings (SSSR count). The lowest BCUT2D eigenvalue weighted by atomic mass is 9.95. The lowest BCUT2D eigenvalue weighted by Gasteiger charge is -2.38. The number of hydrogen-bond donors (Lipinski definition) is 2. The molecule has 1 fully saturated rings. The van der Waals surface area contributed by atoms with Crippen LogP contribution >= 0.6 is 23.2 Å². The van der Waals surface area contributed by atoms with Gasteiger partial charge in [0, 0.05) is 22.6 Å². The van der Waals surface area contributed by atoms with Gasteiger partial charge in [0.1, 0.15) is 46.5 Å². The van der Waals surface area contributed by atoms with E-state index >= 15 is 0 Å². The van der Waals surface area contributed by atoms with Crippen LogP contribution in [-0.4, -0.2) is 58.8 Å². The number of rotatable bonds is 6. The highest BCUT2D eigenvalue weighted by Crippen LogP contribution is 2.39. The predicted molar refractivity (Wildman–Crippen MR) is 131 cm³/mol. The number of ether oxygens (including phenoxy) is 1. The van der Waals surface area contributed by atoms with Gasteiger partial charge in [-0.05, 0) is 37.3 Å². The third-order valence-corrected chi connectivity index (χ3v) is 6.96. The maximum atomic E-state index is 14.0. The Hall–Kier alpha value is -3.10. The monoisotopic (exact) mass is 586 g/mol. The summed E-state index contributed by atoms with van der Waals surface area (Å²) >= 11 is 11.6. The van der Waals surface area contributed by atoms with E-state index in [0.717, 1.165) is 12.1 Å². The molecule has 1 saturated heterocycles. The molecular weight excluding hydrogens is 567 g/mol. The van der Waals surface area contributed by atoms with Crippen LogP contribution in [0.25, 0.3) is 16.9 Å². The summed E-state index contributed by atoms with van der Waals surface area (Å²) in [6.45, 7) is 0.981. The van der Waals surface area contributed by atoms with E-state index in [1.54, 1.807) is 6.92 Å². The molecule has 4 aromatic rings. The Labute approximate surface area is 228 Å². The first-order chi connectivity index (χ1) is 18.6. The Kier molecular flexibility index (Phi) is 7.62. The van der Waals surface area contributed by atoms with Crippen LogP contribution in [0.3, 0.4) is 0 Å². The SMILES string of the molecule is Cc1nc(C2CC(n3cc(-c4cc(F)c(Cl)c(F)c4)nn3)C(O)C(CO)O2)n(-c2cc(Cl)ccc2C(F)F)n1. The summed E-state index contributed by atoms with van der Waals surface area (Å²) < 4.78 is 64.0. The summed E-state index contributed by atoms with van der Waals surface area (Å²) in [5, 5.41) is 32.6. The maximum absolute atomic E-state index is 14.0. The van der Waals surface area contributed by atoms with Gasteiger partial charge in [-0.1, -0.05) is 28.4 Å². The molecule has 15 heteroatoms. The fourth-order valence-corrected chi connectivity index (χ4v) is 4.79. The number of alkyl halides is 2. The van der Waals surface area contributed by atoms with Crippen LogP contribution in [0.5, 0.6) is 0 Å². The average molecular weight is 587 g/mol. The molecule has 2 aromatic heterocycles. The van der Waals surface area contributed by atoms with Gasteiger partial charge in [0.25, 0.3) is 6.43 Å². The number of aromatic nitrogens is 6. The first-order valence-corrected chi connectivity index (χ1v) is 12.4. The van der Waals surface area contributed by atoms with Gasteiger partial charge in [-0.15, -0.1) is 5.10 Å². The number of aliphatic hydroxyl groups excluding tert-OH is 2. The van der Waals surface area contributed by atoms with Gasteiger partial charge >= 0.3 is 0 Å². The lowest BCUT2D eigenvalue weighted by molar-refractivity contribution is -0.161. The Morgan fingerprint density at radius 3 is 2.54 bits per heavy atom. The van der Waals surface area contributed by atoms with Crippen LogP contribution in [0.4, 0.5) is 17.6 Å². The van der Waals surface area contributed by atoms with Gasteiger partial charge < -0.3 is 14.9 Å². The molecule has 9 nitrogen and oxygen atoms in total. The molecule has 0 aliphatic carbocycles. The van der Waals surface area contributed by atoms with Gasteiger partial charge in [-0.25, -0.2) is 31.9 Å². The molecule has 4 unspecified atom stereocenters. The van der Waals surface area contributed by atoms with E-state index in [1.807, 2.05) is 0 Å². The first kappa shape index (κ1) is 27.5. The minimum atomic E-state index is -2.84. The Morgan fingerprint density at radius 2 is 1.87 bits per heavy atom. The van der Waals surface area contributed by atoms with Crippen molar-refractivity contribution in [3.63, 3.8) is 0 Å². The summed E-state index contributed by atoms with van der Waals surface area (Å²) in [5.41, 5.74) is -0.178. The van der Waals surface area contributed by atoms with Crippen LogP contribution in [0.2, 0.25) is 10.0 Å². The summed E-state index contributed by atoms with van der Waals surface area (Å²) in [5.74, 6) is -1.57. The molecule has 0 radical (unpaired) electrons. The second-order valence-electron chi connectivity index (χ2n) is 8.91. The fraction of sp³-hybridized carbons (Fsp3) is 0.333. The summed E-state index contributed by atoms with van der Waals surface area (Å²) in [6, 6.07) is 4.98. The van der Waals surface area contributed by atoms with Crippen molar-refractivity contribution < 1.29 is 32.5 Å². The maximum Gasteiger partial charge on any atom is 0.265 e. The number of halogens is 6. The van der Waals surface area contributed by atoms with Crippen LogP contribution in [0.15, 0.2) is 36.5 Å². The van der Waals surface area contributed by atoms with Gasteiger partial charge in [-0.2, -0.15) is 5.10 Å². The van der Waals surface area contributed by atoms with Crippen molar-refractivity contribution in [2.75, 3.05) is 6.61 Å². The standard InChI is InChI=1S/C24H20Cl2F4N6O3/c1-10-31-24(36(33-10)17-6-12(25)2-3-13(17)23(29)30)19-7-18(22(38)20(9-37)39-19)35-8-16(32-34-35)11-4-14(27)21(26)15(28)5-11/h2-6,8,18-20,22-23,37-38H,7,9H2,1H3. The average Bonchev–Trinajstić information content (AvgIpc) is 3.54. The predicted octanol–water partition coefficient (Wildman–Crippen LogP) is 4.78. The molecule has 2 aromatic carbocycles. The second-order valence-corrected chi connectivity index (χ2v) is 9.72. The zero-order valence-corrected chi connectivity index (χ0v) is 21.5. The third-order valence-electron chi connectivity index (χ3n) is 6.36. The summed E-state index contributed by atoms with van der Waals surface area (Å²) in [6.07, 6.45) is -4.80. The number of aliphatic hydroxyl groups is 2. The van der Waals surface area contributed by atoms with Gasteiger partial charge in [0.05, 0.1) is 24.5 Å². The molecular formula is C24H20Cl2F4N6O3. The molecule has 0 bridgehead atoms. The number of aryl methyl sites for hydroxylation is 1. The topological polar surface area (TPSA) is 111 Å². The molecule has 0 amide bonds. The van der Waals surface area contributed by atoms with Gasteiger partial charge in [0.2, 0.25) is 0 Å². The van der Waals surface area contributed by atoms with Gasteiger partial charge in [0.15, 0.2) is 5.82 Å². The highest BCUT2D eigenvalue weighted by atomic mass is 35.5. The number of nitrogens with zero attached hydrogens (tertiary/aromatic N) is 6. The Balaban J connectivity index is 1.52. The fourth-order valence-electron chi connectivity index (χ4n) is 4.51. The van der Waals surface area contributed by atoms with Crippen LogP contribution in [-0.2, 0) is 4.74 Å². The van der Waals surface area contributed by atoms with Crippen molar-refractivity contribution in [2.24, 2.45) is 0 Å². The van der Waals surface area contributed by atoms with E-state index < -0.39 is 54.0 Å². The number of benzene rings is 2. The lowest BCUT2D eigenvalue weighted by Crippen LogP contribution is -2.45. The van der Waals surface area contributed by atoms with E-state index in [9.17, 15) is 27.8 Å². The minimum absolute atomic E-state index is 0.00486. The van der Waals surface area contributed by atoms with Crippen LogP contribution < -0.4 is 0 Å². The van der Waals surface area contributed by atoms with Crippen molar-refractivity contribution in [1.29, 1.82) is 0 Å². The molecule has 2 N–H and O–H groups in total. The molecule has 3 heterocycles. The minimum Gasteiger partial charge on any atom is -0.394 e. The Bertz CT molecular complexity index is 1490. The largest absolute Gasteiger partial charge is 0.394 e. The second kappa shape index (κ2) is 10.8. The van der Waals surface area contributed by atoms with E-state index in [2.05, 4.69) is 20.4 Å². The summed E-state index contributed by atoms with van der Waals surface area (Å²) in [4.78, 5) is 4.38. The zero-order chi connectivity index (χ0) is 28.0. The molecule has 1 aliphatic rings. The molecule has 4 atom stereocenters. The van der Waals surface area contributed by atoms with E-state index in [0.29, 0.717) is 0 Å². The van der Waals surface area contributed by atoms with Crippen LogP contribution in [0, 0.1) is 18.6 Å². The van der Waals surface area contributed by atoms with Crippen molar-refractivity contribution in [1.82, 2.24) is 29.8 Å². The van der Waals surface area contributed by atoms with Crippen LogP contribution in [0.1, 0.15) is 42.2 Å². The Morgan fingerprint density at radius 1 is 1.15 bits per heavy atom. The normalized spacial score (nSPS) is 21.6. The summed E-state index contributed by atoms with van der Waals surface area (Å²) in [7, 11) is 0. The smallest absolute Gasteiger partial charge is 0.265 e. The number of hydrogen-bond acceptors (Lipinski definition) is 7. The first-order valence-electron chi connectivity index (χ1n) is 11.6. The van der Waals surface area contributed by atoms with E-state index in [4.69, 9.17) is 27.9 Å². The van der Waals surface area contributed by atoms with Crippen molar-refractivity contribution in [3.05, 3.63) is 75.4 Å². The molecule has 39 heavy (non-hydrogen) atoms. The highest BCUT2D eigenvalue weighted by molar-refractivity contribution is 6.31. The van der Waals surface area contributed by atoms with Gasteiger partial charge in [-0.3, -0.25) is 0 Å². The zero-order valence-electron chi connectivity index (χ0n) is 20.0.